The lowest BCUT2D eigenvalue weighted by Crippen LogP contribution is -2.05. The van der Waals surface area contributed by atoms with Crippen LogP contribution >= 0.6 is 11.6 Å². The van der Waals surface area contributed by atoms with Gasteiger partial charge in [-0.15, -0.1) is 0 Å². The van der Waals surface area contributed by atoms with E-state index in [9.17, 15) is 10.1 Å². The van der Waals surface area contributed by atoms with Gasteiger partial charge in [-0.25, -0.2) is 4.98 Å². The van der Waals surface area contributed by atoms with Crippen LogP contribution in [0.25, 0.3) is 0 Å². The first kappa shape index (κ1) is 15.0. The molecule has 1 heterocycles. The van der Waals surface area contributed by atoms with E-state index in [1.165, 1.54) is 18.3 Å². The molecule has 2 aromatic rings. The largest absolute Gasteiger partial charge is 0.430 e. The van der Waals surface area contributed by atoms with E-state index in [0.29, 0.717) is 12.5 Å². The van der Waals surface area contributed by atoms with E-state index in [1.807, 2.05) is 6.92 Å². The Hall–Kier alpha value is -2.41. The number of nitro groups is 1. The first-order valence-corrected chi connectivity index (χ1v) is 6.67. The number of ether oxygens (including phenoxy) is 1. The summed E-state index contributed by atoms with van der Waals surface area (Å²) in [7, 11) is 0. The fourth-order valence-electron chi connectivity index (χ4n) is 1.54. The van der Waals surface area contributed by atoms with Crippen LogP contribution in [0.2, 0.25) is 5.02 Å². The highest BCUT2D eigenvalue weighted by atomic mass is 35.5. The van der Waals surface area contributed by atoms with Crippen molar-refractivity contribution in [3.63, 3.8) is 0 Å². The van der Waals surface area contributed by atoms with Gasteiger partial charge in [0.05, 0.1) is 11.1 Å². The minimum Gasteiger partial charge on any atom is -0.430 e. The number of anilines is 1. The molecule has 0 amide bonds. The van der Waals surface area contributed by atoms with Gasteiger partial charge in [0.15, 0.2) is 0 Å². The zero-order valence-corrected chi connectivity index (χ0v) is 12.0. The fourth-order valence-corrected chi connectivity index (χ4v) is 1.67. The molecular formula is C13H13ClN4O3. The van der Waals surface area contributed by atoms with Crippen LogP contribution in [0.15, 0.2) is 30.5 Å². The van der Waals surface area contributed by atoms with E-state index in [2.05, 4.69) is 15.3 Å². The zero-order chi connectivity index (χ0) is 15.2. The molecule has 0 aliphatic carbocycles. The third-order valence-electron chi connectivity index (χ3n) is 2.51. The Morgan fingerprint density at radius 1 is 1.43 bits per heavy atom. The first-order valence-electron chi connectivity index (χ1n) is 6.29. The summed E-state index contributed by atoms with van der Waals surface area (Å²) >= 11 is 5.96. The van der Waals surface area contributed by atoms with Crippen molar-refractivity contribution in [1.29, 1.82) is 0 Å². The molecule has 0 radical (unpaired) electrons. The highest BCUT2D eigenvalue weighted by Crippen LogP contribution is 2.33. The van der Waals surface area contributed by atoms with E-state index in [1.54, 1.807) is 12.1 Å². The van der Waals surface area contributed by atoms with Crippen molar-refractivity contribution in [3.8, 4) is 11.6 Å². The van der Waals surface area contributed by atoms with Crippen molar-refractivity contribution in [2.24, 2.45) is 0 Å². The molecule has 2 rings (SSSR count). The lowest BCUT2D eigenvalue weighted by molar-refractivity contribution is -0.385. The van der Waals surface area contributed by atoms with Crippen molar-refractivity contribution in [3.05, 3.63) is 45.6 Å². The second-order valence-corrected chi connectivity index (χ2v) is 4.51. The lowest BCUT2D eigenvalue weighted by Gasteiger charge is -2.08. The van der Waals surface area contributed by atoms with Crippen LogP contribution in [-0.4, -0.2) is 21.4 Å². The molecule has 1 aromatic carbocycles. The second-order valence-electron chi connectivity index (χ2n) is 4.10. The summed E-state index contributed by atoms with van der Waals surface area (Å²) in [5, 5.41) is 14.1. The molecule has 0 unspecified atom stereocenters. The maximum Gasteiger partial charge on any atom is 0.311 e. The molecule has 21 heavy (non-hydrogen) atoms. The molecule has 0 spiro atoms. The van der Waals surface area contributed by atoms with Gasteiger partial charge in [-0.2, -0.15) is 4.98 Å². The standard InChI is InChI=1S/C13H13ClN4O3/c1-2-7-15-13-16-8-9(14)12(17-13)21-11-6-4-3-5-10(11)18(19)20/h3-6,8H,2,7H2,1H3,(H,15,16,17). The van der Waals surface area contributed by atoms with Crippen molar-refractivity contribution in [1.82, 2.24) is 9.97 Å². The minimum atomic E-state index is -0.527. The van der Waals surface area contributed by atoms with Gasteiger partial charge in [-0.1, -0.05) is 30.7 Å². The van der Waals surface area contributed by atoms with Crippen molar-refractivity contribution in [2.75, 3.05) is 11.9 Å². The van der Waals surface area contributed by atoms with Gasteiger partial charge >= 0.3 is 5.69 Å². The number of hydrogen-bond donors (Lipinski definition) is 1. The Kier molecular flexibility index (Phi) is 4.89. The van der Waals surface area contributed by atoms with Crippen molar-refractivity contribution >= 4 is 23.2 Å². The van der Waals surface area contributed by atoms with E-state index in [0.717, 1.165) is 6.42 Å². The topological polar surface area (TPSA) is 90.2 Å². The van der Waals surface area contributed by atoms with Crippen LogP contribution in [0.4, 0.5) is 11.6 Å². The summed E-state index contributed by atoms with van der Waals surface area (Å²) in [5.41, 5.74) is -0.157. The monoisotopic (exact) mass is 308 g/mol. The summed E-state index contributed by atoms with van der Waals surface area (Å²) in [6.45, 7) is 2.71. The van der Waals surface area contributed by atoms with Crippen LogP contribution in [-0.2, 0) is 0 Å². The quantitative estimate of drug-likeness (QED) is 0.647. The summed E-state index contributed by atoms with van der Waals surface area (Å²) in [6.07, 6.45) is 2.29. The number of nitro benzene ring substituents is 1. The Morgan fingerprint density at radius 3 is 2.90 bits per heavy atom. The van der Waals surface area contributed by atoms with Crippen LogP contribution in [0.3, 0.4) is 0 Å². The smallest absolute Gasteiger partial charge is 0.311 e. The Bertz CT molecular complexity index is 651. The molecule has 0 bridgehead atoms. The third-order valence-corrected chi connectivity index (χ3v) is 2.77. The number of benzene rings is 1. The second kappa shape index (κ2) is 6.85. The molecule has 0 saturated heterocycles. The molecule has 0 saturated carbocycles. The van der Waals surface area contributed by atoms with Gasteiger partial charge in [-0.3, -0.25) is 10.1 Å². The number of nitrogens with one attached hydrogen (secondary N) is 1. The van der Waals surface area contributed by atoms with Gasteiger partial charge in [0.2, 0.25) is 17.6 Å². The van der Waals surface area contributed by atoms with Crippen LogP contribution < -0.4 is 10.1 Å². The Morgan fingerprint density at radius 2 is 2.19 bits per heavy atom. The predicted molar refractivity (Wildman–Crippen MR) is 79.0 cm³/mol. The van der Waals surface area contributed by atoms with Gasteiger partial charge in [0, 0.05) is 12.6 Å². The van der Waals surface area contributed by atoms with Gasteiger partial charge in [0.1, 0.15) is 5.02 Å². The fraction of sp³-hybridized carbons (Fsp3) is 0.231. The number of aromatic nitrogens is 2. The molecular weight excluding hydrogens is 296 g/mol. The number of para-hydroxylation sites is 2. The number of hydrogen-bond acceptors (Lipinski definition) is 6. The highest BCUT2D eigenvalue weighted by Gasteiger charge is 2.17. The molecule has 1 N–H and O–H groups in total. The SMILES string of the molecule is CCCNc1ncc(Cl)c(Oc2ccccc2[N+](=O)[O-])n1. The van der Waals surface area contributed by atoms with E-state index in [-0.39, 0.29) is 22.3 Å². The molecule has 110 valence electrons. The maximum absolute atomic E-state index is 11.0. The Balaban J connectivity index is 2.29. The van der Waals surface area contributed by atoms with Gasteiger partial charge < -0.3 is 10.1 Å². The summed E-state index contributed by atoms with van der Waals surface area (Å²) < 4.78 is 5.46. The summed E-state index contributed by atoms with van der Waals surface area (Å²) in [5.74, 6) is 0.499. The van der Waals surface area contributed by atoms with Crippen LogP contribution in [0.1, 0.15) is 13.3 Å². The van der Waals surface area contributed by atoms with E-state index in [4.69, 9.17) is 16.3 Å². The van der Waals surface area contributed by atoms with Gasteiger partial charge in [0.25, 0.3) is 0 Å². The van der Waals surface area contributed by atoms with Crippen LogP contribution in [0.5, 0.6) is 11.6 Å². The average molecular weight is 309 g/mol. The molecule has 0 aliphatic rings. The average Bonchev–Trinajstić information content (AvgIpc) is 2.48. The van der Waals surface area contributed by atoms with E-state index >= 15 is 0 Å². The molecule has 1 aromatic heterocycles. The van der Waals surface area contributed by atoms with Gasteiger partial charge in [-0.05, 0) is 12.5 Å². The summed E-state index contributed by atoms with van der Waals surface area (Å²) in [4.78, 5) is 18.5. The number of rotatable bonds is 6. The van der Waals surface area contributed by atoms with Crippen LogP contribution in [0, 0.1) is 10.1 Å². The summed E-state index contributed by atoms with van der Waals surface area (Å²) in [6, 6.07) is 6.02. The molecule has 7 nitrogen and oxygen atoms in total. The molecule has 0 fully saturated rings. The maximum atomic E-state index is 11.0. The van der Waals surface area contributed by atoms with Crippen molar-refractivity contribution in [2.45, 2.75) is 13.3 Å². The van der Waals surface area contributed by atoms with Crippen molar-refractivity contribution < 1.29 is 9.66 Å². The molecule has 8 heteroatoms. The predicted octanol–water partition coefficient (Wildman–Crippen LogP) is 3.65. The highest BCUT2D eigenvalue weighted by molar-refractivity contribution is 6.31. The normalized spacial score (nSPS) is 10.2. The minimum absolute atomic E-state index is 0.0690. The zero-order valence-electron chi connectivity index (χ0n) is 11.2. The third kappa shape index (κ3) is 3.79. The number of halogens is 1. The molecule has 0 aliphatic heterocycles. The number of nitrogens with zero attached hydrogens (tertiary/aromatic N) is 3. The van der Waals surface area contributed by atoms with E-state index < -0.39 is 4.92 Å². The lowest BCUT2D eigenvalue weighted by atomic mass is 10.3. The molecule has 0 atom stereocenters. The first-order chi connectivity index (χ1) is 10.1. The Labute approximate surface area is 126 Å².